The van der Waals surface area contributed by atoms with E-state index in [0.717, 1.165) is 41.7 Å². The van der Waals surface area contributed by atoms with Gasteiger partial charge in [-0.05, 0) is 43.4 Å². The Morgan fingerprint density at radius 2 is 2.00 bits per heavy atom. The Morgan fingerprint density at radius 3 is 2.61 bits per heavy atom. The topological polar surface area (TPSA) is 55.5 Å². The molecule has 0 radical (unpaired) electrons. The van der Waals surface area contributed by atoms with Crippen molar-refractivity contribution in [1.29, 1.82) is 0 Å². The summed E-state index contributed by atoms with van der Waals surface area (Å²) in [6, 6.07) is 3.70. The zero-order valence-corrected chi connectivity index (χ0v) is 12.8. The van der Waals surface area contributed by atoms with Gasteiger partial charge in [0, 0.05) is 29.3 Å². The smallest absolute Gasteiger partial charge is 0.123 e. The molecule has 1 aliphatic heterocycles. The molecular weight excluding hydrogens is 318 g/mol. The Bertz CT molecular complexity index is 408. The summed E-state index contributed by atoms with van der Waals surface area (Å²) in [6.45, 7) is 3.43. The van der Waals surface area contributed by atoms with E-state index in [4.69, 9.17) is 10.5 Å². The minimum absolute atomic E-state index is 0. The van der Waals surface area contributed by atoms with Gasteiger partial charge < -0.3 is 15.6 Å². The van der Waals surface area contributed by atoms with E-state index >= 15 is 0 Å². The van der Waals surface area contributed by atoms with Crippen molar-refractivity contribution in [2.75, 3.05) is 13.2 Å². The fourth-order valence-corrected chi connectivity index (χ4v) is 2.93. The van der Waals surface area contributed by atoms with Crippen molar-refractivity contribution in [2.45, 2.75) is 25.8 Å². The molecule has 3 N–H and O–H groups in total. The van der Waals surface area contributed by atoms with Crippen LogP contribution in [0.25, 0.3) is 0 Å². The molecule has 1 aromatic carbocycles. The fourth-order valence-electron chi connectivity index (χ4n) is 2.34. The first-order valence-electron chi connectivity index (χ1n) is 5.92. The van der Waals surface area contributed by atoms with Crippen LogP contribution in [0.5, 0.6) is 5.75 Å². The van der Waals surface area contributed by atoms with Crippen molar-refractivity contribution in [3.63, 3.8) is 0 Å². The van der Waals surface area contributed by atoms with Crippen LogP contribution in [-0.2, 0) is 4.74 Å². The molecule has 1 heterocycles. The van der Waals surface area contributed by atoms with Crippen LogP contribution in [0.2, 0.25) is 0 Å². The number of phenolic OH excluding ortho intramolecular Hbond substituents is 1. The van der Waals surface area contributed by atoms with Crippen LogP contribution in [0.3, 0.4) is 0 Å². The molecule has 1 saturated heterocycles. The minimum Gasteiger partial charge on any atom is -0.507 e. The molecule has 1 fully saturated rings. The lowest BCUT2D eigenvalue weighted by Gasteiger charge is -2.28. The Balaban J connectivity index is 0.00000162. The molecule has 5 heteroatoms. The number of aryl methyl sites for hydroxylation is 1. The highest BCUT2D eigenvalue weighted by Gasteiger charge is 2.25. The van der Waals surface area contributed by atoms with Crippen LogP contribution in [0.15, 0.2) is 16.6 Å². The maximum atomic E-state index is 10.1. The predicted octanol–water partition coefficient (Wildman–Crippen LogP) is 3.31. The van der Waals surface area contributed by atoms with Gasteiger partial charge in [0.1, 0.15) is 5.75 Å². The average Bonchev–Trinajstić information content (AvgIpc) is 2.34. The van der Waals surface area contributed by atoms with Gasteiger partial charge in [-0.3, -0.25) is 0 Å². The van der Waals surface area contributed by atoms with Crippen LogP contribution in [0.1, 0.15) is 30.0 Å². The van der Waals surface area contributed by atoms with E-state index in [1.54, 1.807) is 0 Å². The van der Waals surface area contributed by atoms with Gasteiger partial charge in [0.2, 0.25) is 0 Å². The van der Waals surface area contributed by atoms with E-state index in [0.29, 0.717) is 11.7 Å². The molecule has 1 aliphatic rings. The largest absolute Gasteiger partial charge is 0.507 e. The zero-order valence-electron chi connectivity index (χ0n) is 10.4. The summed E-state index contributed by atoms with van der Waals surface area (Å²) in [6.07, 6.45) is 1.93. The zero-order chi connectivity index (χ0) is 12.4. The second kappa shape index (κ2) is 6.75. The third kappa shape index (κ3) is 3.38. The van der Waals surface area contributed by atoms with Gasteiger partial charge >= 0.3 is 0 Å². The summed E-state index contributed by atoms with van der Waals surface area (Å²) < 4.78 is 6.30. The third-order valence-corrected chi connectivity index (χ3v) is 3.89. The maximum absolute atomic E-state index is 10.1. The van der Waals surface area contributed by atoms with E-state index in [-0.39, 0.29) is 18.4 Å². The molecule has 0 bridgehead atoms. The normalized spacial score (nSPS) is 18.2. The van der Waals surface area contributed by atoms with Crippen molar-refractivity contribution < 1.29 is 9.84 Å². The van der Waals surface area contributed by atoms with Crippen LogP contribution in [0, 0.1) is 12.8 Å². The van der Waals surface area contributed by atoms with Crippen LogP contribution >= 0.6 is 28.3 Å². The second-order valence-corrected chi connectivity index (χ2v) is 5.55. The van der Waals surface area contributed by atoms with Crippen LogP contribution in [0.4, 0.5) is 0 Å². The number of ether oxygens (including phenoxy) is 1. The lowest BCUT2D eigenvalue weighted by molar-refractivity contribution is 0.0581. The molecule has 0 amide bonds. The Kier molecular flexibility index (Phi) is 5.92. The average molecular weight is 337 g/mol. The molecule has 0 saturated carbocycles. The Labute approximate surface area is 122 Å². The second-order valence-electron chi connectivity index (χ2n) is 4.64. The number of halogens is 2. The van der Waals surface area contributed by atoms with E-state index in [1.165, 1.54) is 0 Å². The molecule has 102 valence electrons. The number of nitrogens with two attached hydrogens (primary N) is 1. The fraction of sp³-hybridized carbons (Fsp3) is 0.538. The summed E-state index contributed by atoms with van der Waals surface area (Å²) in [7, 11) is 0. The highest BCUT2D eigenvalue weighted by Crippen LogP contribution is 2.36. The van der Waals surface area contributed by atoms with Crippen molar-refractivity contribution in [3.05, 3.63) is 27.7 Å². The molecule has 0 aliphatic carbocycles. The molecule has 3 nitrogen and oxygen atoms in total. The van der Waals surface area contributed by atoms with Crippen molar-refractivity contribution >= 4 is 28.3 Å². The molecule has 0 unspecified atom stereocenters. The van der Waals surface area contributed by atoms with E-state index in [2.05, 4.69) is 15.9 Å². The highest BCUT2D eigenvalue weighted by molar-refractivity contribution is 9.10. The summed E-state index contributed by atoms with van der Waals surface area (Å²) in [5.41, 5.74) is 7.97. The lowest BCUT2D eigenvalue weighted by Crippen LogP contribution is -2.27. The quantitative estimate of drug-likeness (QED) is 0.871. The first-order chi connectivity index (χ1) is 8.09. The van der Waals surface area contributed by atoms with Crippen LogP contribution < -0.4 is 5.73 Å². The number of phenols is 1. The predicted molar refractivity (Wildman–Crippen MR) is 78.3 cm³/mol. The van der Waals surface area contributed by atoms with Gasteiger partial charge in [-0.15, -0.1) is 12.4 Å². The molecule has 0 aromatic heterocycles. The van der Waals surface area contributed by atoms with E-state index in [9.17, 15) is 5.11 Å². The van der Waals surface area contributed by atoms with Gasteiger partial charge in [0.15, 0.2) is 0 Å². The molecule has 0 spiro atoms. The van der Waals surface area contributed by atoms with Gasteiger partial charge in [-0.25, -0.2) is 0 Å². The summed E-state index contributed by atoms with van der Waals surface area (Å²) >= 11 is 3.45. The first-order valence-corrected chi connectivity index (χ1v) is 6.71. The molecule has 1 aromatic rings. The number of rotatable bonds is 2. The molecule has 2 rings (SSSR count). The van der Waals surface area contributed by atoms with Crippen molar-refractivity contribution in [2.24, 2.45) is 11.7 Å². The van der Waals surface area contributed by atoms with Crippen molar-refractivity contribution in [3.8, 4) is 5.75 Å². The number of hydrogen-bond donors (Lipinski definition) is 2. The van der Waals surface area contributed by atoms with Gasteiger partial charge in [0.25, 0.3) is 0 Å². The summed E-state index contributed by atoms with van der Waals surface area (Å²) in [5, 5.41) is 10.1. The minimum atomic E-state index is -0.116. The summed E-state index contributed by atoms with van der Waals surface area (Å²) in [4.78, 5) is 0. The molecule has 18 heavy (non-hydrogen) atoms. The van der Waals surface area contributed by atoms with Crippen LogP contribution in [-0.4, -0.2) is 18.3 Å². The molecule has 1 atom stereocenters. The Morgan fingerprint density at radius 1 is 1.39 bits per heavy atom. The number of benzene rings is 1. The maximum Gasteiger partial charge on any atom is 0.123 e. The van der Waals surface area contributed by atoms with Gasteiger partial charge in [0.05, 0.1) is 0 Å². The Hall–Kier alpha value is -0.290. The van der Waals surface area contributed by atoms with Crippen molar-refractivity contribution in [1.82, 2.24) is 0 Å². The van der Waals surface area contributed by atoms with E-state index in [1.807, 2.05) is 19.1 Å². The summed E-state index contributed by atoms with van der Waals surface area (Å²) in [5.74, 6) is 0.718. The third-order valence-electron chi connectivity index (χ3n) is 3.43. The van der Waals surface area contributed by atoms with Gasteiger partial charge in [-0.2, -0.15) is 0 Å². The van der Waals surface area contributed by atoms with Gasteiger partial charge in [-0.1, -0.05) is 15.9 Å². The van der Waals surface area contributed by atoms with E-state index < -0.39 is 0 Å². The molecular formula is C13H19BrClNO2. The SMILES string of the molecule is Cc1cc(Br)cc([C@@H](N)C2CCOCC2)c1O.Cl. The highest BCUT2D eigenvalue weighted by atomic mass is 79.9. The monoisotopic (exact) mass is 335 g/mol. The standard InChI is InChI=1S/C13H18BrNO2.ClH/c1-8-6-10(14)7-11(13(8)16)12(15)9-2-4-17-5-3-9;/h6-7,9,12,16H,2-5,15H2,1H3;1H/t12-;/m0./s1. The first kappa shape index (κ1) is 15.8. The number of aromatic hydroxyl groups is 1. The number of hydrogen-bond acceptors (Lipinski definition) is 3. The lowest BCUT2D eigenvalue weighted by atomic mass is 9.87.